The van der Waals surface area contributed by atoms with Gasteiger partial charge in [0.2, 0.25) is 0 Å². The first-order chi connectivity index (χ1) is 7.20. The van der Waals surface area contributed by atoms with Crippen molar-refractivity contribution in [3.8, 4) is 0 Å². The molecule has 0 bridgehead atoms. The molecule has 2 nitrogen and oxygen atoms in total. The zero-order valence-corrected chi connectivity index (χ0v) is 10.4. The minimum absolute atomic E-state index is 0.401. The van der Waals surface area contributed by atoms with Crippen molar-refractivity contribution in [3.05, 3.63) is 0 Å². The Kier molecular flexibility index (Phi) is 3.68. The van der Waals surface area contributed by atoms with Crippen molar-refractivity contribution in [2.45, 2.75) is 64.0 Å². The number of hydrogen-bond donors (Lipinski definition) is 1. The van der Waals surface area contributed by atoms with Crippen molar-refractivity contribution >= 4 is 0 Å². The number of rotatable bonds is 2. The van der Waals surface area contributed by atoms with Crippen LogP contribution >= 0.6 is 0 Å². The van der Waals surface area contributed by atoms with E-state index in [1.54, 1.807) is 0 Å². The molecule has 2 aliphatic rings. The van der Waals surface area contributed by atoms with E-state index >= 15 is 0 Å². The second-order valence-electron chi connectivity index (χ2n) is 5.76. The second kappa shape index (κ2) is 4.84. The largest absolute Gasteiger partial charge is 0.310 e. The van der Waals surface area contributed by atoms with Gasteiger partial charge in [0.15, 0.2) is 0 Å². The fraction of sp³-hybridized carbons (Fsp3) is 1.00. The maximum absolute atomic E-state index is 3.68. The molecule has 2 unspecified atom stereocenters. The van der Waals surface area contributed by atoms with Crippen LogP contribution in [0.2, 0.25) is 0 Å². The highest BCUT2D eigenvalue weighted by Gasteiger charge is 2.31. The standard InChI is InChI=1S/C13H26N2/c1-12-7-4-3-5-10-15(12)11-13(2)8-6-9-14-13/h12,14H,3-11H2,1-2H3. The minimum atomic E-state index is 0.401. The lowest BCUT2D eigenvalue weighted by molar-refractivity contribution is 0.160. The molecule has 0 radical (unpaired) electrons. The summed E-state index contributed by atoms with van der Waals surface area (Å²) in [6, 6.07) is 0.798. The molecule has 2 rings (SSSR count). The summed E-state index contributed by atoms with van der Waals surface area (Å²) in [7, 11) is 0. The van der Waals surface area contributed by atoms with Crippen molar-refractivity contribution in [2.24, 2.45) is 0 Å². The van der Waals surface area contributed by atoms with E-state index in [-0.39, 0.29) is 0 Å². The molecule has 0 amide bonds. The molecule has 0 aromatic heterocycles. The molecule has 2 heteroatoms. The average molecular weight is 210 g/mol. The molecule has 0 spiro atoms. The highest BCUT2D eigenvalue weighted by Crippen LogP contribution is 2.24. The number of nitrogens with one attached hydrogen (secondary N) is 1. The molecule has 2 heterocycles. The first kappa shape index (κ1) is 11.4. The third kappa shape index (κ3) is 2.94. The van der Waals surface area contributed by atoms with Gasteiger partial charge in [0.25, 0.3) is 0 Å². The highest BCUT2D eigenvalue weighted by atomic mass is 15.2. The SMILES string of the molecule is CC1CCCCCN1CC1(C)CCCN1. The zero-order chi connectivity index (χ0) is 10.7. The zero-order valence-electron chi connectivity index (χ0n) is 10.4. The van der Waals surface area contributed by atoms with E-state index in [0.29, 0.717) is 5.54 Å². The van der Waals surface area contributed by atoms with Gasteiger partial charge >= 0.3 is 0 Å². The Balaban J connectivity index is 1.90. The molecular formula is C13H26N2. The molecule has 2 atom stereocenters. The Labute approximate surface area is 94.4 Å². The van der Waals surface area contributed by atoms with Crippen LogP contribution in [0.4, 0.5) is 0 Å². The maximum atomic E-state index is 3.68. The van der Waals surface area contributed by atoms with Gasteiger partial charge in [0, 0.05) is 18.1 Å². The molecule has 2 aliphatic heterocycles. The number of hydrogen-bond acceptors (Lipinski definition) is 2. The van der Waals surface area contributed by atoms with E-state index in [9.17, 15) is 0 Å². The Hall–Kier alpha value is -0.0800. The fourth-order valence-corrected chi connectivity index (χ4v) is 3.11. The predicted octanol–water partition coefficient (Wildman–Crippen LogP) is 2.39. The van der Waals surface area contributed by atoms with Gasteiger partial charge in [-0.05, 0) is 52.6 Å². The lowest BCUT2D eigenvalue weighted by Gasteiger charge is -2.35. The predicted molar refractivity (Wildman–Crippen MR) is 65.1 cm³/mol. The summed E-state index contributed by atoms with van der Waals surface area (Å²) >= 11 is 0. The Morgan fingerprint density at radius 3 is 2.87 bits per heavy atom. The lowest BCUT2D eigenvalue weighted by atomic mass is 9.98. The molecule has 2 saturated heterocycles. The first-order valence-corrected chi connectivity index (χ1v) is 6.69. The van der Waals surface area contributed by atoms with Crippen LogP contribution < -0.4 is 5.32 Å². The van der Waals surface area contributed by atoms with Crippen LogP contribution in [-0.2, 0) is 0 Å². The Morgan fingerprint density at radius 2 is 2.13 bits per heavy atom. The van der Waals surface area contributed by atoms with Crippen LogP contribution in [0.15, 0.2) is 0 Å². The molecule has 0 saturated carbocycles. The van der Waals surface area contributed by atoms with Gasteiger partial charge in [0.1, 0.15) is 0 Å². The third-order valence-corrected chi connectivity index (χ3v) is 4.20. The highest BCUT2D eigenvalue weighted by molar-refractivity contribution is 4.92. The molecule has 0 aromatic rings. The van der Waals surface area contributed by atoms with Crippen LogP contribution in [0.3, 0.4) is 0 Å². The summed E-state index contributed by atoms with van der Waals surface area (Å²) in [5, 5.41) is 3.68. The second-order valence-corrected chi connectivity index (χ2v) is 5.76. The maximum Gasteiger partial charge on any atom is 0.0281 e. The van der Waals surface area contributed by atoms with Crippen LogP contribution in [0, 0.1) is 0 Å². The van der Waals surface area contributed by atoms with Crippen molar-refractivity contribution < 1.29 is 0 Å². The molecule has 15 heavy (non-hydrogen) atoms. The Bertz CT molecular complexity index is 197. The van der Waals surface area contributed by atoms with Gasteiger partial charge in [-0.2, -0.15) is 0 Å². The van der Waals surface area contributed by atoms with Gasteiger partial charge in [-0.25, -0.2) is 0 Å². The third-order valence-electron chi connectivity index (χ3n) is 4.20. The van der Waals surface area contributed by atoms with E-state index in [1.807, 2.05) is 0 Å². The topological polar surface area (TPSA) is 15.3 Å². The summed E-state index contributed by atoms with van der Waals surface area (Å²) in [6.07, 6.45) is 8.39. The van der Waals surface area contributed by atoms with Gasteiger partial charge in [-0.1, -0.05) is 12.8 Å². The number of nitrogens with zero attached hydrogens (tertiary/aromatic N) is 1. The Morgan fingerprint density at radius 1 is 1.27 bits per heavy atom. The first-order valence-electron chi connectivity index (χ1n) is 6.69. The smallest absolute Gasteiger partial charge is 0.0281 e. The molecule has 88 valence electrons. The van der Waals surface area contributed by atoms with Gasteiger partial charge < -0.3 is 5.32 Å². The molecule has 1 N–H and O–H groups in total. The van der Waals surface area contributed by atoms with E-state index < -0.39 is 0 Å². The summed E-state index contributed by atoms with van der Waals surface area (Å²) in [6.45, 7) is 8.60. The quantitative estimate of drug-likeness (QED) is 0.753. The molecule has 0 aromatic carbocycles. The molecule has 0 aliphatic carbocycles. The van der Waals surface area contributed by atoms with E-state index in [4.69, 9.17) is 0 Å². The van der Waals surface area contributed by atoms with Crippen molar-refractivity contribution in [1.82, 2.24) is 10.2 Å². The van der Waals surface area contributed by atoms with Crippen molar-refractivity contribution in [3.63, 3.8) is 0 Å². The molecule has 2 fully saturated rings. The summed E-state index contributed by atoms with van der Waals surface area (Å²) in [5.74, 6) is 0. The van der Waals surface area contributed by atoms with Crippen molar-refractivity contribution in [1.29, 1.82) is 0 Å². The van der Waals surface area contributed by atoms with Gasteiger partial charge in [-0.15, -0.1) is 0 Å². The van der Waals surface area contributed by atoms with Crippen LogP contribution in [0.25, 0.3) is 0 Å². The van der Waals surface area contributed by atoms with Crippen molar-refractivity contribution in [2.75, 3.05) is 19.6 Å². The molecular weight excluding hydrogens is 184 g/mol. The van der Waals surface area contributed by atoms with E-state index in [2.05, 4.69) is 24.1 Å². The minimum Gasteiger partial charge on any atom is -0.310 e. The van der Waals surface area contributed by atoms with E-state index in [1.165, 1.54) is 58.2 Å². The van der Waals surface area contributed by atoms with Gasteiger partial charge in [-0.3, -0.25) is 4.90 Å². The van der Waals surface area contributed by atoms with Crippen LogP contribution in [-0.4, -0.2) is 36.1 Å². The van der Waals surface area contributed by atoms with Crippen LogP contribution in [0.5, 0.6) is 0 Å². The summed E-state index contributed by atoms with van der Waals surface area (Å²) in [4.78, 5) is 2.71. The average Bonchev–Trinajstić information content (AvgIpc) is 2.53. The van der Waals surface area contributed by atoms with Crippen LogP contribution in [0.1, 0.15) is 52.4 Å². The summed E-state index contributed by atoms with van der Waals surface area (Å²) in [5.41, 5.74) is 0.401. The van der Waals surface area contributed by atoms with E-state index in [0.717, 1.165) is 6.04 Å². The monoisotopic (exact) mass is 210 g/mol. The number of likely N-dealkylation sites (tertiary alicyclic amines) is 1. The van der Waals surface area contributed by atoms with Gasteiger partial charge in [0.05, 0.1) is 0 Å². The summed E-state index contributed by atoms with van der Waals surface area (Å²) < 4.78 is 0. The fourth-order valence-electron chi connectivity index (χ4n) is 3.11. The lowest BCUT2D eigenvalue weighted by Crippen LogP contribution is -2.50. The normalized spacial score (nSPS) is 39.2.